The minimum Gasteiger partial charge on any atom is -0.497 e. The normalized spacial score (nSPS) is 12.8. The van der Waals surface area contributed by atoms with Crippen LogP contribution in [0.25, 0.3) is 0 Å². The molecule has 26 heavy (non-hydrogen) atoms. The summed E-state index contributed by atoms with van der Waals surface area (Å²) >= 11 is 6.12. The molecule has 0 fully saturated rings. The van der Waals surface area contributed by atoms with Gasteiger partial charge >= 0.3 is 0 Å². The van der Waals surface area contributed by atoms with E-state index in [0.29, 0.717) is 28.7 Å². The van der Waals surface area contributed by atoms with Crippen LogP contribution in [0.15, 0.2) is 42.5 Å². The summed E-state index contributed by atoms with van der Waals surface area (Å²) in [6, 6.07) is 12.3. The fourth-order valence-electron chi connectivity index (χ4n) is 2.58. The lowest BCUT2D eigenvalue weighted by Gasteiger charge is -2.22. The topological polar surface area (TPSA) is 56.8 Å². The van der Waals surface area contributed by atoms with E-state index in [-0.39, 0.29) is 11.9 Å². The van der Waals surface area contributed by atoms with Gasteiger partial charge in [0.25, 0.3) is 5.91 Å². The number of carbonyl (C=O) groups excluding carboxylic acids is 1. The van der Waals surface area contributed by atoms with E-state index in [1.165, 1.54) is 0 Å². The number of halogens is 1. The van der Waals surface area contributed by atoms with Crippen LogP contribution in [0, 0.1) is 0 Å². The zero-order valence-electron chi connectivity index (χ0n) is 15.4. The van der Waals surface area contributed by atoms with Crippen molar-refractivity contribution in [3.63, 3.8) is 0 Å². The van der Waals surface area contributed by atoms with Gasteiger partial charge in [-0.05, 0) is 43.7 Å². The monoisotopic (exact) mass is 377 g/mol. The molecule has 0 aromatic heterocycles. The lowest BCUT2D eigenvalue weighted by Crippen LogP contribution is -2.39. The molecule has 2 atom stereocenters. The molecule has 0 unspecified atom stereocenters. The van der Waals surface area contributed by atoms with Crippen LogP contribution < -0.4 is 19.5 Å². The third kappa shape index (κ3) is 4.82. The number of carbonyl (C=O) groups is 1. The number of benzene rings is 2. The second-order valence-electron chi connectivity index (χ2n) is 5.78. The van der Waals surface area contributed by atoms with Crippen LogP contribution >= 0.6 is 11.6 Å². The van der Waals surface area contributed by atoms with Gasteiger partial charge in [0.2, 0.25) is 0 Å². The second-order valence-corrected chi connectivity index (χ2v) is 6.19. The highest BCUT2D eigenvalue weighted by molar-refractivity contribution is 6.32. The lowest BCUT2D eigenvalue weighted by atomic mass is 10.1. The Morgan fingerprint density at radius 1 is 1.12 bits per heavy atom. The van der Waals surface area contributed by atoms with Gasteiger partial charge in [-0.2, -0.15) is 0 Å². The van der Waals surface area contributed by atoms with Gasteiger partial charge in [-0.1, -0.05) is 30.7 Å². The molecular formula is C20H24ClNO4. The maximum Gasteiger partial charge on any atom is 0.261 e. The summed E-state index contributed by atoms with van der Waals surface area (Å²) in [5.74, 6) is 1.65. The molecule has 0 bridgehead atoms. The van der Waals surface area contributed by atoms with E-state index < -0.39 is 6.10 Å². The summed E-state index contributed by atoms with van der Waals surface area (Å²) in [5, 5.41) is 3.44. The van der Waals surface area contributed by atoms with Crippen LogP contribution in [0.2, 0.25) is 5.02 Å². The molecule has 2 rings (SSSR count). The minimum atomic E-state index is -0.644. The summed E-state index contributed by atoms with van der Waals surface area (Å²) < 4.78 is 16.4. The minimum absolute atomic E-state index is 0.218. The predicted octanol–water partition coefficient (Wildman–Crippen LogP) is 4.39. The highest BCUT2D eigenvalue weighted by atomic mass is 35.5. The SMILES string of the molecule is CC[C@@H](Oc1ccccc1Cl)C(=O)N[C@@H](C)c1cc(OC)ccc1OC. The Balaban J connectivity index is 2.13. The zero-order valence-corrected chi connectivity index (χ0v) is 16.2. The lowest BCUT2D eigenvalue weighted by molar-refractivity contribution is -0.128. The smallest absolute Gasteiger partial charge is 0.261 e. The standard InChI is InChI=1S/C20H24ClNO4/c1-5-17(26-19-9-7-6-8-16(19)21)20(23)22-13(2)15-12-14(24-3)10-11-18(15)25-4/h6-13,17H,5H2,1-4H3,(H,22,23)/t13-,17+/m0/s1. The first-order valence-corrected chi connectivity index (χ1v) is 8.81. The molecule has 0 saturated heterocycles. The number of ether oxygens (including phenoxy) is 3. The molecular weight excluding hydrogens is 354 g/mol. The predicted molar refractivity (Wildman–Crippen MR) is 102 cm³/mol. The highest BCUT2D eigenvalue weighted by Gasteiger charge is 2.23. The number of para-hydroxylation sites is 1. The molecule has 0 aliphatic heterocycles. The zero-order chi connectivity index (χ0) is 19.1. The quantitative estimate of drug-likeness (QED) is 0.741. The molecule has 0 spiro atoms. The first-order chi connectivity index (χ1) is 12.5. The number of methoxy groups -OCH3 is 2. The van der Waals surface area contributed by atoms with Crippen molar-refractivity contribution in [3.05, 3.63) is 53.1 Å². The Kier molecular flexibility index (Phi) is 7.16. The molecule has 0 aliphatic carbocycles. The van der Waals surface area contributed by atoms with Crippen molar-refractivity contribution in [2.24, 2.45) is 0 Å². The van der Waals surface area contributed by atoms with Crippen LogP contribution in [0.5, 0.6) is 17.2 Å². The van der Waals surface area contributed by atoms with E-state index >= 15 is 0 Å². The van der Waals surface area contributed by atoms with Gasteiger partial charge in [0.1, 0.15) is 17.2 Å². The summed E-state index contributed by atoms with van der Waals surface area (Å²) in [6.07, 6.45) is -0.132. The summed E-state index contributed by atoms with van der Waals surface area (Å²) in [7, 11) is 3.19. The average molecular weight is 378 g/mol. The fraction of sp³-hybridized carbons (Fsp3) is 0.350. The average Bonchev–Trinajstić information content (AvgIpc) is 2.66. The van der Waals surface area contributed by atoms with Crippen molar-refractivity contribution >= 4 is 17.5 Å². The number of hydrogen-bond acceptors (Lipinski definition) is 4. The first-order valence-electron chi connectivity index (χ1n) is 8.43. The van der Waals surface area contributed by atoms with Crippen molar-refractivity contribution in [3.8, 4) is 17.2 Å². The molecule has 2 aromatic carbocycles. The molecule has 0 radical (unpaired) electrons. The van der Waals surface area contributed by atoms with E-state index in [0.717, 1.165) is 5.56 Å². The Hall–Kier alpha value is -2.40. The maximum atomic E-state index is 12.7. The van der Waals surface area contributed by atoms with Gasteiger partial charge < -0.3 is 19.5 Å². The molecule has 0 aliphatic rings. The van der Waals surface area contributed by atoms with Crippen LogP contribution in [0.4, 0.5) is 0 Å². The van der Waals surface area contributed by atoms with Crippen molar-refractivity contribution in [2.45, 2.75) is 32.4 Å². The maximum absolute atomic E-state index is 12.7. The molecule has 0 heterocycles. The van der Waals surface area contributed by atoms with Crippen molar-refractivity contribution in [1.29, 1.82) is 0 Å². The molecule has 140 valence electrons. The number of hydrogen-bond donors (Lipinski definition) is 1. The van der Waals surface area contributed by atoms with Gasteiger partial charge in [-0.3, -0.25) is 4.79 Å². The van der Waals surface area contributed by atoms with Crippen molar-refractivity contribution < 1.29 is 19.0 Å². The molecule has 6 heteroatoms. The summed E-state index contributed by atoms with van der Waals surface area (Å²) in [5.41, 5.74) is 0.827. The Bertz CT molecular complexity index is 750. The molecule has 5 nitrogen and oxygen atoms in total. The summed E-state index contributed by atoms with van der Waals surface area (Å²) in [6.45, 7) is 3.77. The van der Waals surface area contributed by atoms with Crippen LogP contribution in [-0.4, -0.2) is 26.2 Å². The van der Waals surface area contributed by atoms with Gasteiger partial charge in [0.15, 0.2) is 6.10 Å². The van der Waals surface area contributed by atoms with Crippen LogP contribution in [0.1, 0.15) is 31.9 Å². The molecule has 1 amide bonds. The van der Waals surface area contributed by atoms with E-state index in [9.17, 15) is 4.79 Å². The molecule has 0 saturated carbocycles. The van der Waals surface area contributed by atoms with Crippen molar-refractivity contribution in [2.75, 3.05) is 14.2 Å². The van der Waals surface area contributed by atoms with Gasteiger partial charge in [-0.15, -0.1) is 0 Å². The third-order valence-electron chi connectivity index (χ3n) is 4.03. The Morgan fingerprint density at radius 2 is 1.85 bits per heavy atom. The second kappa shape index (κ2) is 9.34. The first kappa shape index (κ1) is 19.9. The third-order valence-corrected chi connectivity index (χ3v) is 4.34. The number of amides is 1. The number of nitrogens with one attached hydrogen (secondary N) is 1. The molecule has 1 N–H and O–H groups in total. The number of rotatable bonds is 8. The largest absolute Gasteiger partial charge is 0.497 e. The van der Waals surface area contributed by atoms with E-state index in [1.54, 1.807) is 26.4 Å². The Morgan fingerprint density at radius 3 is 2.46 bits per heavy atom. The molecule has 2 aromatic rings. The van der Waals surface area contributed by atoms with Crippen LogP contribution in [0.3, 0.4) is 0 Å². The fourth-order valence-corrected chi connectivity index (χ4v) is 2.76. The van der Waals surface area contributed by atoms with E-state index in [4.69, 9.17) is 25.8 Å². The van der Waals surface area contributed by atoms with Gasteiger partial charge in [-0.25, -0.2) is 0 Å². The van der Waals surface area contributed by atoms with Crippen molar-refractivity contribution in [1.82, 2.24) is 5.32 Å². The van der Waals surface area contributed by atoms with Gasteiger partial charge in [0.05, 0.1) is 25.3 Å². The Labute approximate surface area is 159 Å². The van der Waals surface area contributed by atoms with E-state index in [1.807, 2.05) is 44.2 Å². The van der Waals surface area contributed by atoms with Gasteiger partial charge in [0, 0.05) is 5.56 Å². The summed E-state index contributed by atoms with van der Waals surface area (Å²) in [4.78, 5) is 12.7. The highest BCUT2D eigenvalue weighted by Crippen LogP contribution is 2.30. The van der Waals surface area contributed by atoms with E-state index in [2.05, 4.69) is 5.32 Å². The van der Waals surface area contributed by atoms with Crippen LogP contribution in [-0.2, 0) is 4.79 Å².